The van der Waals surface area contributed by atoms with E-state index >= 15 is 0 Å². The van der Waals surface area contributed by atoms with E-state index in [-0.39, 0.29) is 17.5 Å². The maximum absolute atomic E-state index is 14.3. The summed E-state index contributed by atoms with van der Waals surface area (Å²) < 4.78 is 25.1. The summed E-state index contributed by atoms with van der Waals surface area (Å²) in [5, 5.41) is 0. The molecule has 0 spiro atoms. The minimum atomic E-state index is -0.301. The molecule has 0 saturated heterocycles. The largest absolute Gasteiger partial charge is 0.489 e. The van der Waals surface area contributed by atoms with E-state index in [0.717, 1.165) is 12.8 Å². The second-order valence-corrected chi connectivity index (χ2v) is 4.32. The second-order valence-electron chi connectivity index (χ2n) is 4.32. The Kier molecular flexibility index (Phi) is 3.84. The number of rotatable bonds is 3. The van der Waals surface area contributed by atoms with Crippen LogP contribution in [0.25, 0.3) is 0 Å². The van der Waals surface area contributed by atoms with Crippen LogP contribution in [-0.2, 0) is 0 Å². The van der Waals surface area contributed by atoms with Crippen molar-refractivity contribution >= 4 is 0 Å². The van der Waals surface area contributed by atoms with Gasteiger partial charge in [0.2, 0.25) is 0 Å². The Balaban J connectivity index is 2.33. The van der Waals surface area contributed by atoms with Gasteiger partial charge in [0.1, 0.15) is 0 Å². The van der Waals surface area contributed by atoms with Crippen LogP contribution in [0.2, 0.25) is 0 Å². The van der Waals surface area contributed by atoms with Crippen molar-refractivity contribution < 1.29 is 13.9 Å². The molecule has 1 heterocycles. The molecule has 1 aromatic rings. The third-order valence-electron chi connectivity index (χ3n) is 3.01. The molecule has 3 nitrogen and oxygen atoms in total. The van der Waals surface area contributed by atoms with Crippen LogP contribution < -0.4 is 15.2 Å². The number of hydrogen-bond donors (Lipinski definition) is 1. The topological polar surface area (TPSA) is 44.5 Å². The Morgan fingerprint density at radius 3 is 2.88 bits per heavy atom. The van der Waals surface area contributed by atoms with Crippen molar-refractivity contribution in [2.75, 3.05) is 19.8 Å². The summed E-state index contributed by atoms with van der Waals surface area (Å²) >= 11 is 0. The monoisotopic (exact) mass is 239 g/mol. The van der Waals surface area contributed by atoms with Gasteiger partial charge in [0, 0.05) is 6.42 Å². The Labute approximate surface area is 101 Å². The molecule has 2 N–H and O–H groups in total. The number of ether oxygens (including phenoxy) is 2. The lowest BCUT2D eigenvalue weighted by Crippen LogP contribution is -2.07. The van der Waals surface area contributed by atoms with E-state index in [9.17, 15) is 4.39 Å². The zero-order valence-corrected chi connectivity index (χ0v) is 10.0. The molecule has 1 aliphatic rings. The summed E-state index contributed by atoms with van der Waals surface area (Å²) in [6.07, 6.45) is 1.54. The Bertz CT molecular complexity index is 395. The van der Waals surface area contributed by atoms with Gasteiger partial charge in [0.15, 0.2) is 17.3 Å². The van der Waals surface area contributed by atoms with Gasteiger partial charge in [-0.3, -0.25) is 0 Å². The first-order valence-electron chi connectivity index (χ1n) is 6.02. The van der Waals surface area contributed by atoms with E-state index in [1.54, 1.807) is 12.1 Å². The maximum Gasteiger partial charge on any atom is 0.197 e. The highest BCUT2D eigenvalue weighted by molar-refractivity contribution is 5.46. The third kappa shape index (κ3) is 2.52. The van der Waals surface area contributed by atoms with Gasteiger partial charge < -0.3 is 15.2 Å². The van der Waals surface area contributed by atoms with Gasteiger partial charge in [0.05, 0.1) is 13.2 Å². The lowest BCUT2D eigenvalue weighted by molar-refractivity contribution is 0.291. The molecule has 1 aliphatic heterocycles. The molecule has 0 fully saturated rings. The molecule has 0 saturated carbocycles. The summed E-state index contributed by atoms with van der Waals surface area (Å²) in [5.74, 6) is 0.551. The fourth-order valence-electron chi connectivity index (χ4n) is 2.00. The molecule has 4 heteroatoms. The van der Waals surface area contributed by atoms with Crippen LogP contribution in [0.1, 0.15) is 31.2 Å². The average molecular weight is 239 g/mol. The molecule has 0 aliphatic carbocycles. The predicted molar refractivity (Wildman–Crippen MR) is 64.1 cm³/mol. The van der Waals surface area contributed by atoms with Crippen molar-refractivity contribution in [2.24, 2.45) is 5.73 Å². The molecule has 1 unspecified atom stereocenters. The predicted octanol–water partition coefficient (Wildman–Crippen LogP) is 2.44. The molecule has 0 amide bonds. The Morgan fingerprint density at radius 1 is 1.35 bits per heavy atom. The molecular formula is C13H18FNO2. The molecule has 2 rings (SSSR count). The molecule has 1 atom stereocenters. The van der Waals surface area contributed by atoms with Crippen LogP contribution in [-0.4, -0.2) is 19.8 Å². The van der Waals surface area contributed by atoms with E-state index in [0.29, 0.717) is 31.1 Å². The third-order valence-corrected chi connectivity index (χ3v) is 3.01. The average Bonchev–Trinajstić information content (AvgIpc) is 2.55. The minimum Gasteiger partial charge on any atom is -0.489 e. The molecule has 0 bridgehead atoms. The summed E-state index contributed by atoms with van der Waals surface area (Å²) in [7, 11) is 0. The number of benzene rings is 1. The summed E-state index contributed by atoms with van der Waals surface area (Å²) in [5.41, 5.74) is 6.15. The zero-order chi connectivity index (χ0) is 12.3. The highest BCUT2D eigenvalue weighted by atomic mass is 19.1. The van der Waals surface area contributed by atoms with Crippen molar-refractivity contribution in [3.63, 3.8) is 0 Å². The van der Waals surface area contributed by atoms with Gasteiger partial charge in [-0.15, -0.1) is 0 Å². The van der Waals surface area contributed by atoms with Crippen LogP contribution in [0.15, 0.2) is 12.1 Å². The van der Waals surface area contributed by atoms with Crippen LogP contribution in [0.5, 0.6) is 11.5 Å². The maximum atomic E-state index is 14.3. The Morgan fingerprint density at radius 2 is 2.12 bits per heavy atom. The van der Waals surface area contributed by atoms with Crippen LogP contribution in [0, 0.1) is 5.82 Å². The SMILES string of the molecule is CC(CCN)c1ccc2c(c1F)OCCCO2. The lowest BCUT2D eigenvalue weighted by Gasteiger charge is -2.15. The molecule has 94 valence electrons. The van der Waals surface area contributed by atoms with Crippen LogP contribution >= 0.6 is 0 Å². The van der Waals surface area contributed by atoms with Crippen LogP contribution in [0.3, 0.4) is 0 Å². The zero-order valence-electron chi connectivity index (χ0n) is 10.0. The van der Waals surface area contributed by atoms with Gasteiger partial charge >= 0.3 is 0 Å². The molecule has 1 aromatic carbocycles. The van der Waals surface area contributed by atoms with Crippen molar-refractivity contribution in [3.05, 3.63) is 23.5 Å². The molecule has 0 aromatic heterocycles. The first-order valence-corrected chi connectivity index (χ1v) is 6.02. The van der Waals surface area contributed by atoms with Crippen molar-refractivity contribution in [1.29, 1.82) is 0 Å². The number of halogens is 1. The first-order chi connectivity index (χ1) is 8.24. The minimum absolute atomic E-state index is 0.0946. The standard InChI is InChI=1S/C13H18FNO2/c1-9(5-6-15)10-3-4-11-13(12(10)14)17-8-2-7-16-11/h3-4,9H,2,5-8,15H2,1H3. The lowest BCUT2D eigenvalue weighted by atomic mass is 9.97. The number of fused-ring (bicyclic) bond motifs is 1. The highest BCUT2D eigenvalue weighted by Crippen LogP contribution is 2.37. The van der Waals surface area contributed by atoms with E-state index in [1.807, 2.05) is 6.92 Å². The summed E-state index contributed by atoms with van der Waals surface area (Å²) in [6, 6.07) is 3.55. The summed E-state index contributed by atoms with van der Waals surface area (Å²) in [6.45, 7) is 3.59. The van der Waals surface area contributed by atoms with Gasteiger partial charge in [-0.1, -0.05) is 13.0 Å². The number of hydrogen-bond acceptors (Lipinski definition) is 3. The fraction of sp³-hybridized carbons (Fsp3) is 0.538. The fourth-order valence-corrected chi connectivity index (χ4v) is 2.00. The molecular weight excluding hydrogens is 221 g/mol. The second kappa shape index (κ2) is 5.36. The smallest absolute Gasteiger partial charge is 0.197 e. The van der Waals surface area contributed by atoms with E-state index < -0.39 is 0 Å². The van der Waals surface area contributed by atoms with Crippen molar-refractivity contribution in [3.8, 4) is 11.5 Å². The summed E-state index contributed by atoms with van der Waals surface area (Å²) in [4.78, 5) is 0. The van der Waals surface area contributed by atoms with E-state index in [1.165, 1.54) is 0 Å². The first kappa shape index (κ1) is 12.2. The highest BCUT2D eigenvalue weighted by Gasteiger charge is 2.20. The van der Waals surface area contributed by atoms with Gasteiger partial charge in [-0.25, -0.2) is 4.39 Å². The molecule has 0 radical (unpaired) electrons. The van der Waals surface area contributed by atoms with Crippen molar-refractivity contribution in [1.82, 2.24) is 0 Å². The molecule has 17 heavy (non-hydrogen) atoms. The van der Waals surface area contributed by atoms with Crippen LogP contribution in [0.4, 0.5) is 4.39 Å². The van der Waals surface area contributed by atoms with Gasteiger partial charge in [-0.2, -0.15) is 0 Å². The van der Waals surface area contributed by atoms with Gasteiger partial charge in [-0.05, 0) is 30.5 Å². The quantitative estimate of drug-likeness (QED) is 0.881. The van der Waals surface area contributed by atoms with E-state index in [4.69, 9.17) is 15.2 Å². The van der Waals surface area contributed by atoms with Gasteiger partial charge in [0.25, 0.3) is 0 Å². The van der Waals surface area contributed by atoms with Crippen molar-refractivity contribution in [2.45, 2.75) is 25.7 Å². The Hall–Kier alpha value is -1.29. The van der Waals surface area contributed by atoms with E-state index in [2.05, 4.69) is 0 Å². The number of nitrogens with two attached hydrogens (primary N) is 1. The normalized spacial score (nSPS) is 16.4.